The van der Waals surface area contributed by atoms with Gasteiger partial charge in [-0.3, -0.25) is 4.40 Å². The molecule has 0 amide bonds. The molecule has 0 unspecified atom stereocenters. The number of nitriles is 2. The average molecular weight is 444 g/mol. The number of ether oxygens (including phenoxy) is 2. The van der Waals surface area contributed by atoms with Gasteiger partial charge < -0.3 is 9.47 Å². The largest absolute Gasteiger partial charge is 0.497 e. The number of aromatic nitrogens is 2. The molecule has 34 heavy (non-hydrogen) atoms. The molecule has 0 bridgehead atoms. The lowest BCUT2D eigenvalue weighted by Gasteiger charge is -2.16. The lowest BCUT2D eigenvalue weighted by Crippen LogP contribution is -1.99. The van der Waals surface area contributed by atoms with Gasteiger partial charge in [-0.1, -0.05) is 30.3 Å². The summed E-state index contributed by atoms with van der Waals surface area (Å²) in [6, 6.07) is 23.7. The standard InChI is InChI=1S/C28H20N4O2/c1-17-5-4-14-32-27-25(19-8-12-21(34-3)13-9-19)24(18-6-10-20(33-2)11-7-18)22(15-29)23(16-30)26(27)31-28(17)32/h4-14H,1-3H3. The number of hydrogen-bond acceptors (Lipinski definition) is 5. The molecular formula is C28H20N4O2. The Balaban J connectivity index is 2.03. The van der Waals surface area contributed by atoms with Crippen molar-refractivity contribution in [2.75, 3.05) is 14.2 Å². The first kappa shape index (κ1) is 21.1. The minimum absolute atomic E-state index is 0.267. The molecule has 0 spiro atoms. The Hall–Kier alpha value is -4.81. The zero-order valence-electron chi connectivity index (χ0n) is 19.0. The monoisotopic (exact) mass is 444 g/mol. The summed E-state index contributed by atoms with van der Waals surface area (Å²) in [4.78, 5) is 4.82. The SMILES string of the molecule is COc1ccc(-c2c(C#N)c(C#N)c3nc4c(C)cccn4c3c2-c2ccc(OC)cc2)cc1. The number of rotatable bonds is 4. The molecule has 3 aromatic carbocycles. The van der Waals surface area contributed by atoms with Crippen LogP contribution < -0.4 is 9.47 Å². The number of methoxy groups -OCH3 is 2. The van der Waals surface area contributed by atoms with Gasteiger partial charge in [-0.25, -0.2) is 4.98 Å². The fourth-order valence-electron chi connectivity index (χ4n) is 4.41. The lowest BCUT2D eigenvalue weighted by molar-refractivity contribution is 0.414. The number of benzene rings is 3. The molecule has 0 saturated heterocycles. The molecule has 5 aromatic rings. The van der Waals surface area contributed by atoms with Crippen molar-refractivity contribution >= 4 is 16.7 Å². The van der Waals surface area contributed by atoms with Gasteiger partial charge in [-0.05, 0) is 53.9 Å². The molecule has 0 saturated carbocycles. The van der Waals surface area contributed by atoms with Crippen molar-refractivity contribution in [1.82, 2.24) is 9.38 Å². The van der Waals surface area contributed by atoms with E-state index < -0.39 is 0 Å². The van der Waals surface area contributed by atoms with E-state index in [0.29, 0.717) is 22.4 Å². The van der Waals surface area contributed by atoms with Crippen LogP contribution in [0.1, 0.15) is 16.7 Å². The van der Waals surface area contributed by atoms with Crippen molar-refractivity contribution in [1.29, 1.82) is 10.5 Å². The first-order chi connectivity index (χ1) is 16.6. The van der Waals surface area contributed by atoms with Crippen LogP contribution in [-0.4, -0.2) is 23.6 Å². The second-order valence-corrected chi connectivity index (χ2v) is 7.87. The Labute approximate surface area is 196 Å². The smallest absolute Gasteiger partial charge is 0.140 e. The maximum Gasteiger partial charge on any atom is 0.140 e. The number of imidazole rings is 1. The zero-order chi connectivity index (χ0) is 23.8. The van der Waals surface area contributed by atoms with Crippen LogP contribution in [0.3, 0.4) is 0 Å². The van der Waals surface area contributed by atoms with Crippen LogP contribution >= 0.6 is 0 Å². The van der Waals surface area contributed by atoms with Gasteiger partial charge in [0.25, 0.3) is 0 Å². The average Bonchev–Trinajstić information content (AvgIpc) is 3.28. The van der Waals surface area contributed by atoms with E-state index in [1.807, 2.05) is 78.2 Å². The molecule has 0 aliphatic heterocycles. The molecule has 5 rings (SSSR count). The molecule has 6 nitrogen and oxygen atoms in total. The van der Waals surface area contributed by atoms with E-state index in [2.05, 4.69) is 12.1 Å². The second-order valence-electron chi connectivity index (χ2n) is 7.87. The highest BCUT2D eigenvalue weighted by Crippen LogP contribution is 2.43. The maximum absolute atomic E-state index is 10.3. The van der Waals surface area contributed by atoms with Crippen molar-refractivity contribution in [2.45, 2.75) is 6.92 Å². The summed E-state index contributed by atoms with van der Waals surface area (Å²) in [5.74, 6) is 1.44. The van der Waals surface area contributed by atoms with E-state index in [-0.39, 0.29) is 5.56 Å². The van der Waals surface area contributed by atoms with Gasteiger partial charge in [0.15, 0.2) is 0 Å². The Kier molecular flexibility index (Phi) is 5.12. The van der Waals surface area contributed by atoms with E-state index in [0.717, 1.165) is 39.2 Å². The van der Waals surface area contributed by atoms with Gasteiger partial charge in [0.1, 0.15) is 34.8 Å². The van der Waals surface area contributed by atoms with Crippen molar-refractivity contribution in [3.05, 3.63) is 83.6 Å². The summed E-state index contributed by atoms with van der Waals surface area (Å²) in [5.41, 5.74) is 6.80. The molecule has 0 atom stereocenters. The molecule has 164 valence electrons. The summed E-state index contributed by atoms with van der Waals surface area (Å²) in [7, 11) is 3.23. The van der Waals surface area contributed by atoms with Crippen molar-refractivity contribution in [3.8, 4) is 45.9 Å². The number of fused-ring (bicyclic) bond motifs is 3. The van der Waals surface area contributed by atoms with E-state index in [1.165, 1.54) is 0 Å². The molecule has 0 fully saturated rings. The van der Waals surface area contributed by atoms with Crippen LogP contribution in [-0.2, 0) is 0 Å². The minimum Gasteiger partial charge on any atom is -0.497 e. The van der Waals surface area contributed by atoms with Crippen molar-refractivity contribution in [2.24, 2.45) is 0 Å². The second kappa shape index (κ2) is 8.27. The molecule has 0 aliphatic rings. The molecular weight excluding hydrogens is 424 g/mol. The van der Waals surface area contributed by atoms with Gasteiger partial charge in [-0.2, -0.15) is 10.5 Å². The first-order valence-electron chi connectivity index (χ1n) is 10.7. The summed E-state index contributed by atoms with van der Waals surface area (Å²) < 4.78 is 12.7. The van der Waals surface area contributed by atoms with E-state index >= 15 is 0 Å². The Morgan fingerprint density at radius 1 is 0.765 bits per heavy atom. The predicted octanol–water partition coefficient (Wildman–Crippen LogP) is 5.89. The summed E-state index contributed by atoms with van der Waals surface area (Å²) in [6.45, 7) is 1.98. The summed E-state index contributed by atoms with van der Waals surface area (Å²) >= 11 is 0. The molecule has 0 N–H and O–H groups in total. The Morgan fingerprint density at radius 2 is 1.32 bits per heavy atom. The van der Waals surface area contributed by atoms with Crippen LogP contribution in [0, 0.1) is 29.6 Å². The van der Waals surface area contributed by atoms with E-state index in [9.17, 15) is 10.5 Å². The minimum atomic E-state index is 0.267. The normalized spacial score (nSPS) is 10.7. The highest BCUT2D eigenvalue weighted by atomic mass is 16.5. The van der Waals surface area contributed by atoms with E-state index in [4.69, 9.17) is 14.5 Å². The van der Waals surface area contributed by atoms with Crippen molar-refractivity contribution in [3.63, 3.8) is 0 Å². The van der Waals surface area contributed by atoms with Crippen LogP contribution in [0.4, 0.5) is 0 Å². The quantitative estimate of drug-likeness (QED) is 0.345. The third-order valence-corrected chi connectivity index (χ3v) is 6.05. The molecule has 2 heterocycles. The van der Waals surface area contributed by atoms with E-state index in [1.54, 1.807) is 14.2 Å². The lowest BCUT2D eigenvalue weighted by atomic mass is 9.87. The highest BCUT2D eigenvalue weighted by molar-refractivity contribution is 6.07. The third kappa shape index (κ3) is 3.13. The molecule has 0 aliphatic carbocycles. The van der Waals surface area contributed by atoms with Gasteiger partial charge in [0.05, 0.1) is 30.9 Å². The van der Waals surface area contributed by atoms with Gasteiger partial charge >= 0.3 is 0 Å². The van der Waals surface area contributed by atoms with Crippen LogP contribution in [0.5, 0.6) is 11.5 Å². The number of hydrogen-bond donors (Lipinski definition) is 0. The topological polar surface area (TPSA) is 83.3 Å². The fraction of sp³-hybridized carbons (Fsp3) is 0.107. The highest BCUT2D eigenvalue weighted by Gasteiger charge is 2.26. The Bertz CT molecular complexity index is 1630. The Morgan fingerprint density at radius 3 is 1.85 bits per heavy atom. The molecule has 6 heteroatoms. The summed E-state index contributed by atoms with van der Waals surface area (Å²) in [5, 5.41) is 20.4. The summed E-state index contributed by atoms with van der Waals surface area (Å²) in [6.07, 6.45) is 1.94. The zero-order valence-corrected chi connectivity index (χ0v) is 19.0. The van der Waals surface area contributed by atoms with Gasteiger partial charge in [0.2, 0.25) is 0 Å². The number of aryl methyl sites for hydroxylation is 1. The van der Waals surface area contributed by atoms with Crippen molar-refractivity contribution < 1.29 is 9.47 Å². The van der Waals surface area contributed by atoms with Crippen LogP contribution in [0.2, 0.25) is 0 Å². The molecule has 2 aromatic heterocycles. The van der Waals surface area contributed by atoms with Crippen LogP contribution in [0.25, 0.3) is 38.9 Å². The van der Waals surface area contributed by atoms with Gasteiger partial charge in [0, 0.05) is 17.3 Å². The maximum atomic E-state index is 10.3. The predicted molar refractivity (Wildman–Crippen MR) is 131 cm³/mol. The number of nitrogens with zero attached hydrogens (tertiary/aromatic N) is 4. The first-order valence-corrected chi connectivity index (χ1v) is 10.7. The fourth-order valence-corrected chi connectivity index (χ4v) is 4.41. The third-order valence-electron chi connectivity index (χ3n) is 6.05. The molecule has 0 radical (unpaired) electrons. The number of pyridine rings is 1. The van der Waals surface area contributed by atoms with Gasteiger partial charge in [-0.15, -0.1) is 0 Å². The van der Waals surface area contributed by atoms with Crippen LogP contribution in [0.15, 0.2) is 66.9 Å².